The second-order valence-corrected chi connectivity index (χ2v) is 13.9. The molecule has 0 bridgehead atoms. The highest BCUT2D eigenvalue weighted by molar-refractivity contribution is 8.71. The highest BCUT2D eigenvalue weighted by atomic mass is 79.9. The molecule has 0 aromatic carbocycles. The van der Waals surface area contributed by atoms with Crippen LogP contribution in [0.3, 0.4) is 0 Å². The minimum atomic E-state index is -2.87. The van der Waals surface area contributed by atoms with Crippen LogP contribution in [-0.4, -0.2) is 51.1 Å². The molecule has 3 nitrogen and oxygen atoms in total. The number of hydrogen-bond acceptors (Lipinski definition) is 3. The molecule has 6 heteroatoms. The molecular weight excluding hydrogens is 490 g/mol. The molecule has 0 saturated carbocycles. The van der Waals surface area contributed by atoms with Crippen molar-refractivity contribution in [1.82, 2.24) is 0 Å². The molecule has 0 spiro atoms. The van der Waals surface area contributed by atoms with Crippen molar-refractivity contribution in [3.05, 3.63) is 0 Å². The smallest absolute Gasteiger partial charge is 0.198 e. The molecule has 0 unspecified atom stereocenters. The monoisotopic (exact) mass is 543 g/mol. The Labute approximate surface area is 210 Å². The number of halogens is 1. The minimum Gasteiger partial charge on any atom is -1.00 e. The average molecular weight is 545 g/mol. The summed E-state index contributed by atoms with van der Waals surface area (Å²) in [6, 6.07) is 0. The van der Waals surface area contributed by atoms with Crippen molar-refractivity contribution in [2.75, 3.05) is 38.2 Å². The predicted molar refractivity (Wildman–Crippen MR) is 138 cm³/mol. The standard InChI is InChI=1S/C25H54NO2S2.BrH/c1-5-8-11-16-21-26(22-17-12-9-6-2,23-18-13-10-7-3)24-19-14-15-20-25-29-30(4,27)28;/h5-25H2,1-4H3;1H/q+1;/p-1. The van der Waals surface area contributed by atoms with Gasteiger partial charge >= 0.3 is 0 Å². The van der Waals surface area contributed by atoms with E-state index >= 15 is 0 Å². The Morgan fingerprint density at radius 1 is 0.548 bits per heavy atom. The summed E-state index contributed by atoms with van der Waals surface area (Å²) in [5.41, 5.74) is 0. The summed E-state index contributed by atoms with van der Waals surface area (Å²) >= 11 is 0. The molecule has 0 fully saturated rings. The lowest BCUT2D eigenvalue weighted by molar-refractivity contribution is -0.929. The Bertz CT molecular complexity index is 441. The van der Waals surface area contributed by atoms with Crippen LogP contribution < -0.4 is 17.0 Å². The van der Waals surface area contributed by atoms with Gasteiger partial charge in [-0.05, 0) is 68.6 Å². The normalized spacial score (nSPS) is 12.1. The van der Waals surface area contributed by atoms with Crippen molar-refractivity contribution >= 4 is 19.7 Å². The van der Waals surface area contributed by atoms with E-state index in [1.54, 1.807) is 0 Å². The third-order valence-corrected chi connectivity index (χ3v) is 8.95. The van der Waals surface area contributed by atoms with Gasteiger partial charge < -0.3 is 21.5 Å². The minimum absolute atomic E-state index is 0. The lowest BCUT2D eigenvalue weighted by Gasteiger charge is -2.39. The van der Waals surface area contributed by atoms with E-state index in [2.05, 4.69) is 20.8 Å². The summed E-state index contributed by atoms with van der Waals surface area (Å²) in [7, 11) is -1.76. The lowest BCUT2D eigenvalue weighted by atomic mass is 10.1. The molecule has 0 rings (SSSR count). The Hall–Kier alpha value is 0.740. The number of rotatable bonds is 23. The number of quaternary nitrogens is 1. The first-order valence-corrected chi connectivity index (χ1v) is 16.5. The maximum absolute atomic E-state index is 11.3. The van der Waals surface area contributed by atoms with Crippen molar-refractivity contribution in [2.24, 2.45) is 0 Å². The highest BCUT2D eigenvalue weighted by Gasteiger charge is 2.25. The fourth-order valence-electron chi connectivity index (χ4n) is 4.41. The molecular formula is C25H54BrNO2S2. The maximum atomic E-state index is 11.3. The van der Waals surface area contributed by atoms with Crippen LogP contribution >= 0.6 is 10.8 Å². The molecule has 0 aromatic rings. The molecule has 0 aromatic heterocycles. The van der Waals surface area contributed by atoms with E-state index in [0.717, 1.165) is 23.0 Å². The predicted octanol–water partition coefficient (Wildman–Crippen LogP) is 4.80. The molecule has 0 N–H and O–H groups in total. The van der Waals surface area contributed by atoms with E-state index < -0.39 is 8.87 Å². The van der Waals surface area contributed by atoms with E-state index in [4.69, 9.17) is 0 Å². The van der Waals surface area contributed by atoms with Gasteiger partial charge in [0.15, 0.2) is 8.87 Å². The third kappa shape index (κ3) is 22.3. The van der Waals surface area contributed by atoms with E-state index in [0.29, 0.717) is 0 Å². The van der Waals surface area contributed by atoms with Gasteiger partial charge in [0.25, 0.3) is 0 Å². The van der Waals surface area contributed by atoms with Crippen LogP contribution in [-0.2, 0) is 8.87 Å². The molecule has 0 heterocycles. The van der Waals surface area contributed by atoms with Crippen molar-refractivity contribution in [1.29, 1.82) is 0 Å². The van der Waals surface area contributed by atoms with Crippen LogP contribution in [0.5, 0.6) is 0 Å². The largest absolute Gasteiger partial charge is 1.00 e. The Morgan fingerprint density at radius 2 is 0.871 bits per heavy atom. The van der Waals surface area contributed by atoms with Gasteiger partial charge in [-0.1, -0.05) is 65.7 Å². The molecule has 31 heavy (non-hydrogen) atoms. The Morgan fingerprint density at radius 3 is 1.19 bits per heavy atom. The highest BCUT2D eigenvalue weighted by Crippen LogP contribution is 2.20. The zero-order chi connectivity index (χ0) is 22.6. The average Bonchev–Trinajstić information content (AvgIpc) is 2.70. The van der Waals surface area contributed by atoms with Gasteiger partial charge in [-0.25, -0.2) is 8.42 Å². The topological polar surface area (TPSA) is 34.1 Å². The van der Waals surface area contributed by atoms with Crippen LogP contribution in [0.2, 0.25) is 0 Å². The maximum Gasteiger partial charge on any atom is 0.198 e. The van der Waals surface area contributed by atoms with E-state index in [1.165, 1.54) is 133 Å². The molecule has 0 atom stereocenters. The molecule has 0 amide bonds. The number of hydrogen-bond donors (Lipinski definition) is 0. The Kier molecular flexibility index (Phi) is 24.6. The number of nitrogens with zero attached hydrogens (tertiary/aromatic N) is 1. The van der Waals surface area contributed by atoms with E-state index in [-0.39, 0.29) is 17.0 Å². The van der Waals surface area contributed by atoms with Crippen LogP contribution in [0.15, 0.2) is 0 Å². The van der Waals surface area contributed by atoms with Crippen molar-refractivity contribution in [2.45, 2.75) is 124 Å². The molecule has 0 aliphatic heterocycles. The van der Waals surface area contributed by atoms with Crippen LogP contribution in [0.1, 0.15) is 124 Å². The molecule has 0 radical (unpaired) electrons. The first kappa shape index (κ1) is 33.9. The fourth-order valence-corrected chi connectivity index (χ4v) is 6.29. The third-order valence-electron chi connectivity index (χ3n) is 6.28. The van der Waals surface area contributed by atoms with Crippen LogP contribution in [0.4, 0.5) is 0 Å². The molecule has 0 aliphatic rings. The van der Waals surface area contributed by atoms with Crippen molar-refractivity contribution in [3.8, 4) is 0 Å². The van der Waals surface area contributed by atoms with Crippen LogP contribution in [0.25, 0.3) is 0 Å². The van der Waals surface area contributed by atoms with Crippen LogP contribution in [0, 0.1) is 0 Å². The fraction of sp³-hybridized carbons (Fsp3) is 1.00. The second kappa shape index (κ2) is 22.5. The SMILES string of the molecule is CCCCCC[N+](CCCCCC)(CCCCCC)CCCCCCSS(C)(=O)=O.[Br-]. The van der Waals surface area contributed by atoms with Gasteiger partial charge in [-0.15, -0.1) is 0 Å². The first-order chi connectivity index (χ1) is 14.4. The summed E-state index contributed by atoms with van der Waals surface area (Å²) in [5, 5.41) is 0. The van der Waals surface area contributed by atoms with Gasteiger partial charge in [-0.2, -0.15) is 0 Å². The van der Waals surface area contributed by atoms with Gasteiger partial charge in [-0.3, -0.25) is 0 Å². The van der Waals surface area contributed by atoms with E-state index in [1.807, 2.05) is 0 Å². The van der Waals surface area contributed by atoms with E-state index in [9.17, 15) is 8.42 Å². The van der Waals surface area contributed by atoms with Gasteiger partial charge in [0.2, 0.25) is 0 Å². The summed E-state index contributed by atoms with van der Waals surface area (Å²) in [6.45, 7) is 12.4. The zero-order valence-corrected chi connectivity index (χ0v) is 24.5. The summed E-state index contributed by atoms with van der Waals surface area (Å²) in [6.07, 6.45) is 22.5. The van der Waals surface area contributed by atoms with Gasteiger partial charge in [0.1, 0.15) is 0 Å². The van der Waals surface area contributed by atoms with Crippen molar-refractivity contribution in [3.63, 3.8) is 0 Å². The van der Waals surface area contributed by atoms with Gasteiger partial charge in [0, 0.05) is 12.0 Å². The summed E-state index contributed by atoms with van der Waals surface area (Å²) < 4.78 is 23.9. The van der Waals surface area contributed by atoms with Crippen molar-refractivity contribution < 1.29 is 29.9 Å². The molecule has 0 aliphatic carbocycles. The summed E-state index contributed by atoms with van der Waals surface area (Å²) in [5.74, 6) is 0.754. The summed E-state index contributed by atoms with van der Waals surface area (Å²) in [4.78, 5) is 0. The zero-order valence-electron chi connectivity index (χ0n) is 21.3. The Balaban J connectivity index is 0. The first-order valence-electron chi connectivity index (χ1n) is 13.1. The molecule has 0 saturated heterocycles. The quantitative estimate of drug-likeness (QED) is 0.105. The second-order valence-electron chi connectivity index (χ2n) is 9.36. The lowest BCUT2D eigenvalue weighted by Crippen LogP contribution is -3.00. The molecule has 190 valence electrons. The number of unbranched alkanes of at least 4 members (excludes halogenated alkanes) is 12. The van der Waals surface area contributed by atoms with Gasteiger partial charge in [0.05, 0.1) is 26.2 Å².